The molecule has 1 aliphatic rings. The highest BCUT2D eigenvalue weighted by Crippen LogP contribution is 2.36. The second-order valence-electron chi connectivity index (χ2n) is 8.90. The van der Waals surface area contributed by atoms with E-state index in [1.165, 1.54) is 12.1 Å². The van der Waals surface area contributed by atoms with E-state index in [0.717, 1.165) is 54.6 Å². The first-order chi connectivity index (χ1) is 15.2. The molecule has 0 spiro atoms. The molecule has 3 rings (SSSR count). The average Bonchev–Trinajstić information content (AvgIpc) is 2.77. The van der Waals surface area contributed by atoms with Crippen molar-refractivity contribution in [3.05, 3.63) is 59.2 Å². The minimum absolute atomic E-state index is 0.166. The van der Waals surface area contributed by atoms with Crippen LogP contribution in [0.5, 0.6) is 0 Å². The highest BCUT2D eigenvalue weighted by Gasteiger charge is 2.30. The Hall–Kier alpha value is -2.34. The number of ether oxygens (including phenoxy) is 1. The summed E-state index contributed by atoms with van der Waals surface area (Å²) in [4.78, 5) is 12.8. The van der Waals surface area contributed by atoms with Crippen LogP contribution in [0.2, 0.25) is 0 Å². The predicted molar refractivity (Wildman–Crippen MR) is 120 cm³/mol. The van der Waals surface area contributed by atoms with Crippen LogP contribution >= 0.6 is 0 Å². The van der Waals surface area contributed by atoms with Gasteiger partial charge in [0.2, 0.25) is 0 Å². The SMILES string of the molecule is CCOC(=O)C(CC(C)C)c1cc(-c2ccc(C(F)(F)F)cc2)cc(C2CCCCN2)c1. The third kappa shape index (κ3) is 6.12. The summed E-state index contributed by atoms with van der Waals surface area (Å²) in [6, 6.07) is 11.4. The van der Waals surface area contributed by atoms with Gasteiger partial charge in [-0.1, -0.05) is 44.5 Å². The first-order valence-electron chi connectivity index (χ1n) is 11.4. The summed E-state index contributed by atoms with van der Waals surface area (Å²) < 4.78 is 44.4. The summed E-state index contributed by atoms with van der Waals surface area (Å²) in [6.07, 6.45) is -0.494. The Balaban J connectivity index is 2.06. The van der Waals surface area contributed by atoms with E-state index in [4.69, 9.17) is 4.74 Å². The molecule has 3 nitrogen and oxygen atoms in total. The fourth-order valence-corrected chi connectivity index (χ4v) is 4.32. The van der Waals surface area contributed by atoms with Crippen LogP contribution < -0.4 is 5.32 Å². The molecular weight excluding hydrogens is 415 g/mol. The van der Waals surface area contributed by atoms with Crippen molar-refractivity contribution in [2.75, 3.05) is 13.2 Å². The molecule has 1 N–H and O–H groups in total. The van der Waals surface area contributed by atoms with Gasteiger partial charge in [0.1, 0.15) is 0 Å². The number of carbonyl (C=O) groups excluding carboxylic acids is 1. The minimum Gasteiger partial charge on any atom is -0.466 e. The Labute approximate surface area is 188 Å². The number of benzene rings is 2. The molecule has 2 atom stereocenters. The normalized spacial score (nSPS) is 17.9. The molecule has 0 amide bonds. The zero-order valence-corrected chi connectivity index (χ0v) is 19.0. The maximum atomic E-state index is 13.0. The number of piperidine rings is 1. The van der Waals surface area contributed by atoms with Crippen molar-refractivity contribution >= 4 is 5.97 Å². The number of carbonyl (C=O) groups is 1. The zero-order chi connectivity index (χ0) is 23.3. The van der Waals surface area contributed by atoms with Gasteiger partial charge >= 0.3 is 12.1 Å². The predicted octanol–water partition coefficient (Wildman–Crippen LogP) is 6.88. The number of nitrogens with one attached hydrogen (secondary N) is 1. The number of hydrogen-bond acceptors (Lipinski definition) is 3. The summed E-state index contributed by atoms with van der Waals surface area (Å²) in [7, 11) is 0. The molecule has 0 aliphatic carbocycles. The summed E-state index contributed by atoms with van der Waals surface area (Å²) in [6.45, 7) is 7.16. The van der Waals surface area contributed by atoms with Crippen molar-refractivity contribution < 1.29 is 22.7 Å². The van der Waals surface area contributed by atoms with Crippen molar-refractivity contribution in [2.24, 2.45) is 5.92 Å². The first-order valence-corrected chi connectivity index (χ1v) is 11.4. The molecule has 1 fully saturated rings. The zero-order valence-electron chi connectivity index (χ0n) is 19.0. The highest BCUT2D eigenvalue weighted by molar-refractivity contribution is 5.79. The molecule has 2 unspecified atom stereocenters. The lowest BCUT2D eigenvalue weighted by Crippen LogP contribution is -2.27. The maximum absolute atomic E-state index is 13.0. The van der Waals surface area contributed by atoms with Gasteiger partial charge in [0, 0.05) is 6.04 Å². The van der Waals surface area contributed by atoms with Gasteiger partial charge in [0.05, 0.1) is 18.1 Å². The summed E-state index contributed by atoms with van der Waals surface area (Å²) >= 11 is 0. The second kappa shape index (κ2) is 10.5. The lowest BCUT2D eigenvalue weighted by Gasteiger charge is -2.26. The standard InChI is InChI=1S/C26H32F3NO2/c1-4-32-25(31)23(13-17(2)3)20-14-19(15-21(16-20)24-7-5-6-12-30-24)18-8-10-22(11-9-18)26(27,28)29/h8-11,14-17,23-24,30H,4-7,12-13H2,1-3H3. The van der Waals surface area contributed by atoms with Gasteiger partial charge in [-0.2, -0.15) is 13.2 Å². The Kier molecular flexibility index (Phi) is 7.99. The molecule has 1 saturated heterocycles. The number of hydrogen-bond donors (Lipinski definition) is 1. The van der Waals surface area contributed by atoms with Crippen LogP contribution in [0.15, 0.2) is 42.5 Å². The summed E-state index contributed by atoms with van der Waals surface area (Å²) in [5, 5.41) is 3.54. The molecule has 0 bridgehead atoms. The van der Waals surface area contributed by atoms with Crippen LogP contribution in [0, 0.1) is 5.92 Å². The Morgan fingerprint density at radius 1 is 1.09 bits per heavy atom. The molecular formula is C26H32F3NO2. The van der Waals surface area contributed by atoms with Crippen LogP contribution in [0.4, 0.5) is 13.2 Å². The van der Waals surface area contributed by atoms with E-state index in [1.807, 2.05) is 12.1 Å². The van der Waals surface area contributed by atoms with Crippen molar-refractivity contribution in [1.29, 1.82) is 0 Å². The van der Waals surface area contributed by atoms with E-state index in [9.17, 15) is 18.0 Å². The molecule has 174 valence electrons. The molecule has 2 aromatic carbocycles. The lowest BCUT2D eigenvalue weighted by molar-refractivity contribution is -0.145. The minimum atomic E-state index is -4.37. The molecule has 0 aromatic heterocycles. The van der Waals surface area contributed by atoms with Gasteiger partial charge in [-0.15, -0.1) is 0 Å². The van der Waals surface area contributed by atoms with Crippen LogP contribution in [0.3, 0.4) is 0 Å². The van der Waals surface area contributed by atoms with E-state index in [-0.39, 0.29) is 17.9 Å². The fraction of sp³-hybridized carbons (Fsp3) is 0.500. The molecule has 32 heavy (non-hydrogen) atoms. The van der Waals surface area contributed by atoms with Crippen molar-refractivity contribution in [2.45, 2.75) is 64.6 Å². The van der Waals surface area contributed by atoms with Crippen LogP contribution in [0.25, 0.3) is 11.1 Å². The van der Waals surface area contributed by atoms with Gasteiger partial charge in [-0.05, 0) is 79.1 Å². The average molecular weight is 448 g/mol. The van der Waals surface area contributed by atoms with Crippen LogP contribution in [-0.4, -0.2) is 19.1 Å². The highest BCUT2D eigenvalue weighted by atomic mass is 19.4. The number of halogens is 3. The van der Waals surface area contributed by atoms with Gasteiger partial charge in [0.15, 0.2) is 0 Å². The van der Waals surface area contributed by atoms with E-state index in [0.29, 0.717) is 18.6 Å². The smallest absolute Gasteiger partial charge is 0.416 e. The lowest BCUT2D eigenvalue weighted by atomic mass is 9.85. The van der Waals surface area contributed by atoms with Crippen LogP contribution in [0.1, 0.15) is 75.1 Å². The third-order valence-corrected chi connectivity index (χ3v) is 5.92. The Bertz CT molecular complexity index is 900. The molecule has 2 aromatic rings. The first kappa shape index (κ1) is 24.3. The molecule has 1 heterocycles. The molecule has 0 radical (unpaired) electrons. The van der Waals surface area contributed by atoms with E-state index in [1.54, 1.807) is 6.92 Å². The number of alkyl halides is 3. The largest absolute Gasteiger partial charge is 0.466 e. The van der Waals surface area contributed by atoms with Gasteiger partial charge in [-0.3, -0.25) is 4.79 Å². The fourth-order valence-electron chi connectivity index (χ4n) is 4.32. The molecule has 6 heteroatoms. The molecule has 1 aliphatic heterocycles. The van der Waals surface area contributed by atoms with E-state index < -0.39 is 17.7 Å². The second-order valence-corrected chi connectivity index (χ2v) is 8.90. The monoisotopic (exact) mass is 447 g/mol. The van der Waals surface area contributed by atoms with Crippen molar-refractivity contribution in [3.63, 3.8) is 0 Å². The molecule has 0 saturated carbocycles. The van der Waals surface area contributed by atoms with Gasteiger partial charge in [0.25, 0.3) is 0 Å². The third-order valence-electron chi connectivity index (χ3n) is 5.92. The van der Waals surface area contributed by atoms with Crippen molar-refractivity contribution in [1.82, 2.24) is 5.32 Å². The topological polar surface area (TPSA) is 38.3 Å². The van der Waals surface area contributed by atoms with Gasteiger partial charge < -0.3 is 10.1 Å². The van der Waals surface area contributed by atoms with E-state index in [2.05, 4.69) is 25.2 Å². The number of esters is 1. The summed E-state index contributed by atoms with van der Waals surface area (Å²) in [5.74, 6) is -0.379. The Morgan fingerprint density at radius 2 is 1.81 bits per heavy atom. The summed E-state index contributed by atoms with van der Waals surface area (Å²) in [5.41, 5.74) is 2.77. The Morgan fingerprint density at radius 3 is 2.38 bits per heavy atom. The quantitative estimate of drug-likeness (QED) is 0.470. The number of rotatable bonds is 7. The van der Waals surface area contributed by atoms with E-state index >= 15 is 0 Å². The van der Waals surface area contributed by atoms with Crippen molar-refractivity contribution in [3.8, 4) is 11.1 Å². The van der Waals surface area contributed by atoms with Gasteiger partial charge in [-0.25, -0.2) is 0 Å². The van der Waals surface area contributed by atoms with Crippen LogP contribution in [-0.2, 0) is 15.7 Å². The maximum Gasteiger partial charge on any atom is 0.416 e.